The Labute approximate surface area is 99.2 Å². The summed E-state index contributed by atoms with van der Waals surface area (Å²) >= 11 is 5.03. The fraction of sp³-hybridized carbons (Fsp3) is 0.200. The van der Waals surface area contributed by atoms with E-state index in [4.69, 9.17) is 4.74 Å². The van der Waals surface area contributed by atoms with E-state index in [-0.39, 0.29) is 6.61 Å². The second kappa shape index (κ2) is 4.28. The van der Waals surface area contributed by atoms with Crippen LogP contribution in [0.2, 0.25) is 0 Å². The number of carbonyl (C=O) groups is 1. The van der Waals surface area contributed by atoms with Gasteiger partial charge in [-0.1, -0.05) is 0 Å². The van der Waals surface area contributed by atoms with Gasteiger partial charge in [0.25, 0.3) is 0 Å². The Balaban J connectivity index is 2.46. The molecule has 0 radical (unpaired) electrons. The summed E-state index contributed by atoms with van der Waals surface area (Å²) in [5.74, 6) is 0.653. The molecule has 0 aliphatic heterocycles. The maximum atomic E-state index is 10.2. The monoisotopic (exact) mass is 285 g/mol. The van der Waals surface area contributed by atoms with Gasteiger partial charge in [-0.15, -0.1) is 11.3 Å². The largest absolute Gasteiger partial charge is 0.485 e. The van der Waals surface area contributed by atoms with E-state index in [1.54, 1.807) is 11.3 Å². The van der Waals surface area contributed by atoms with Crippen molar-refractivity contribution in [2.45, 2.75) is 6.92 Å². The second-order valence-electron chi connectivity index (χ2n) is 2.96. The van der Waals surface area contributed by atoms with Crippen LogP contribution in [0.25, 0.3) is 10.2 Å². The van der Waals surface area contributed by atoms with Gasteiger partial charge in [-0.3, -0.25) is 4.79 Å². The molecule has 0 N–H and O–H groups in total. The average Bonchev–Trinajstić information content (AvgIpc) is 2.53. The van der Waals surface area contributed by atoms with E-state index in [1.165, 1.54) is 0 Å². The molecule has 15 heavy (non-hydrogen) atoms. The van der Waals surface area contributed by atoms with Crippen LogP contribution in [0.5, 0.6) is 5.75 Å². The predicted octanol–water partition coefficient (Wildman–Crippen LogP) is 2.94. The van der Waals surface area contributed by atoms with Gasteiger partial charge in [0.15, 0.2) is 6.29 Å². The first kappa shape index (κ1) is 10.6. The van der Waals surface area contributed by atoms with Crippen molar-refractivity contribution in [1.29, 1.82) is 0 Å². The third-order valence-corrected chi connectivity index (χ3v) is 3.41. The topological polar surface area (TPSA) is 39.2 Å². The van der Waals surface area contributed by atoms with E-state index < -0.39 is 0 Å². The minimum atomic E-state index is 0.0627. The smallest absolute Gasteiger partial charge is 0.157 e. The van der Waals surface area contributed by atoms with Crippen LogP contribution < -0.4 is 4.74 Å². The molecule has 0 spiro atoms. The maximum Gasteiger partial charge on any atom is 0.157 e. The number of hydrogen-bond acceptors (Lipinski definition) is 4. The van der Waals surface area contributed by atoms with Gasteiger partial charge >= 0.3 is 0 Å². The lowest BCUT2D eigenvalue weighted by atomic mass is 10.3. The van der Waals surface area contributed by atoms with E-state index in [1.807, 2.05) is 19.1 Å². The minimum absolute atomic E-state index is 0.0627. The zero-order chi connectivity index (χ0) is 10.8. The number of halogens is 1. The standard InChI is InChI=1S/C10H8BrNO2S/c1-6-12-8-5-9(14-3-2-13)7(11)4-10(8)15-6/h2,4-5H,3H2,1H3. The lowest BCUT2D eigenvalue weighted by Crippen LogP contribution is -1.98. The zero-order valence-electron chi connectivity index (χ0n) is 7.99. The van der Waals surface area contributed by atoms with Crippen LogP contribution in [-0.2, 0) is 4.79 Å². The van der Waals surface area contributed by atoms with Gasteiger partial charge < -0.3 is 4.74 Å². The molecule has 0 unspecified atom stereocenters. The van der Waals surface area contributed by atoms with Gasteiger partial charge in [0, 0.05) is 6.07 Å². The molecule has 0 amide bonds. The van der Waals surface area contributed by atoms with Gasteiger partial charge in [-0.05, 0) is 28.9 Å². The Morgan fingerprint density at radius 1 is 1.60 bits per heavy atom. The zero-order valence-corrected chi connectivity index (χ0v) is 10.4. The van der Waals surface area contributed by atoms with Crippen LogP contribution in [-0.4, -0.2) is 17.9 Å². The van der Waals surface area contributed by atoms with E-state index in [0.29, 0.717) is 5.75 Å². The molecule has 1 heterocycles. The van der Waals surface area contributed by atoms with Crippen LogP contribution in [0.1, 0.15) is 5.01 Å². The summed E-state index contributed by atoms with van der Waals surface area (Å²) in [6.07, 6.45) is 0.725. The number of fused-ring (bicyclic) bond motifs is 1. The molecular weight excluding hydrogens is 278 g/mol. The lowest BCUT2D eigenvalue weighted by Gasteiger charge is -2.04. The predicted molar refractivity (Wildman–Crippen MR) is 63.6 cm³/mol. The van der Waals surface area contributed by atoms with Crippen molar-refractivity contribution in [1.82, 2.24) is 4.98 Å². The Hall–Kier alpha value is -0.940. The number of benzene rings is 1. The van der Waals surface area contributed by atoms with Crippen LogP contribution in [0.4, 0.5) is 0 Å². The number of thiazole rings is 1. The first-order valence-electron chi connectivity index (χ1n) is 4.34. The molecule has 2 aromatic rings. The first-order valence-corrected chi connectivity index (χ1v) is 5.95. The van der Waals surface area contributed by atoms with Gasteiger partial charge in [-0.2, -0.15) is 0 Å². The molecule has 0 fully saturated rings. The van der Waals surface area contributed by atoms with Crippen molar-refractivity contribution < 1.29 is 9.53 Å². The molecule has 0 bridgehead atoms. The van der Waals surface area contributed by atoms with E-state index >= 15 is 0 Å². The van der Waals surface area contributed by atoms with Crippen molar-refractivity contribution in [3.8, 4) is 5.75 Å². The Bertz CT molecular complexity index is 509. The number of nitrogens with zero attached hydrogens (tertiary/aromatic N) is 1. The third-order valence-electron chi connectivity index (χ3n) is 1.86. The summed E-state index contributed by atoms with van der Waals surface area (Å²) in [6, 6.07) is 3.80. The number of aldehydes is 1. The summed E-state index contributed by atoms with van der Waals surface area (Å²) in [4.78, 5) is 14.6. The number of ether oxygens (including phenoxy) is 1. The molecule has 1 aromatic heterocycles. The molecular formula is C10H8BrNO2S. The van der Waals surface area contributed by atoms with Gasteiger partial charge in [0.2, 0.25) is 0 Å². The summed E-state index contributed by atoms with van der Waals surface area (Å²) in [5, 5.41) is 1.02. The highest BCUT2D eigenvalue weighted by atomic mass is 79.9. The van der Waals surface area contributed by atoms with Crippen molar-refractivity contribution in [3.05, 3.63) is 21.6 Å². The number of aromatic nitrogens is 1. The van der Waals surface area contributed by atoms with E-state index in [9.17, 15) is 4.79 Å². The van der Waals surface area contributed by atoms with Crippen molar-refractivity contribution >= 4 is 43.8 Å². The van der Waals surface area contributed by atoms with Crippen molar-refractivity contribution in [2.75, 3.05) is 6.61 Å². The second-order valence-corrected chi connectivity index (χ2v) is 5.05. The number of carbonyl (C=O) groups excluding carboxylic acids is 1. The van der Waals surface area contributed by atoms with Gasteiger partial charge in [0.05, 0.1) is 19.7 Å². The quantitative estimate of drug-likeness (QED) is 0.814. The maximum absolute atomic E-state index is 10.2. The Kier molecular flexibility index (Phi) is 3.02. The van der Waals surface area contributed by atoms with Crippen LogP contribution in [0.3, 0.4) is 0 Å². The molecule has 2 rings (SSSR count). The molecule has 0 aliphatic carbocycles. The van der Waals surface area contributed by atoms with Crippen LogP contribution >= 0.6 is 27.3 Å². The normalized spacial score (nSPS) is 10.5. The molecule has 0 saturated heterocycles. The molecule has 78 valence electrons. The van der Waals surface area contributed by atoms with Crippen molar-refractivity contribution in [3.63, 3.8) is 0 Å². The fourth-order valence-electron chi connectivity index (χ4n) is 1.28. The number of rotatable bonds is 3. The third kappa shape index (κ3) is 2.18. The Morgan fingerprint density at radius 2 is 2.40 bits per heavy atom. The highest BCUT2D eigenvalue weighted by molar-refractivity contribution is 9.10. The Morgan fingerprint density at radius 3 is 3.13 bits per heavy atom. The summed E-state index contributed by atoms with van der Waals surface area (Å²) in [5.41, 5.74) is 0.904. The molecule has 3 nitrogen and oxygen atoms in total. The first-order chi connectivity index (χ1) is 7.20. The highest BCUT2D eigenvalue weighted by Gasteiger charge is 2.07. The number of aryl methyl sites for hydroxylation is 1. The average molecular weight is 286 g/mol. The SMILES string of the molecule is Cc1nc2cc(OCC=O)c(Br)cc2s1. The number of hydrogen-bond donors (Lipinski definition) is 0. The summed E-state index contributed by atoms with van der Waals surface area (Å²) in [7, 11) is 0. The van der Waals surface area contributed by atoms with E-state index in [2.05, 4.69) is 20.9 Å². The summed E-state index contributed by atoms with van der Waals surface area (Å²) in [6.45, 7) is 2.03. The molecule has 0 saturated carbocycles. The van der Waals surface area contributed by atoms with Crippen LogP contribution in [0, 0.1) is 6.92 Å². The minimum Gasteiger partial charge on any atom is -0.485 e. The van der Waals surface area contributed by atoms with Crippen LogP contribution in [0.15, 0.2) is 16.6 Å². The molecule has 0 atom stereocenters. The molecule has 1 aromatic carbocycles. The summed E-state index contributed by atoms with van der Waals surface area (Å²) < 4.78 is 7.21. The lowest BCUT2D eigenvalue weighted by molar-refractivity contribution is -0.109. The molecule has 5 heteroatoms. The van der Waals surface area contributed by atoms with Gasteiger partial charge in [0.1, 0.15) is 12.4 Å². The van der Waals surface area contributed by atoms with Gasteiger partial charge in [-0.25, -0.2) is 4.98 Å². The fourth-order valence-corrected chi connectivity index (χ4v) is 2.74. The highest BCUT2D eigenvalue weighted by Crippen LogP contribution is 2.32. The molecule has 0 aliphatic rings. The van der Waals surface area contributed by atoms with Crippen molar-refractivity contribution in [2.24, 2.45) is 0 Å². The van der Waals surface area contributed by atoms with E-state index in [0.717, 1.165) is 26.0 Å².